The third-order valence-electron chi connectivity index (χ3n) is 4.39. The van der Waals surface area contributed by atoms with Gasteiger partial charge in [0, 0.05) is 36.7 Å². The standard InChI is InChI=1S/C20H18N4O2/c1-14(13-23-11-9-15-6-2-3-7-17(15)23)22-19(25)16-12-21-18-8-4-5-10-24(18)20(16)26/h2-12,14H,13H2,1H3,(H,22,25). The Bertz CT molecular complexity index is 1160. The van der Waals surface area contributed by atoms with Gasteiger partial charge in [0.05, 0.1) is 0 Å². The maximum Gasteiger partial charge on any atom is 0.270 e. The van der Waals surface area contributed by atoms with Gasteiger partial charge in [-0.15, -0.1) is 0 Å². The van der Waals surface area contributed by atoms with Gasteiger partial charge in [-0.3, -0.25) is 14.0 Å². The van der Waals surface area contributed by atoms with Crippen LogP contribution in [0, 0.1) is 0 Å². The van der Waals surface area contributed by atoms with Crippen molar-refractivity contribution in [1.82, 2.24) is 19.3 Å². The molecule has 1 amide bonds. The van der Waals surface area contributed by atoms with Crippen molar-refractivity contribution in [1.29, 1.82) is 0 Å². The molecule has 1 aromatic carbocycles. The Balaban J connectivity index is 1.54. The van der Waals surface area contributed by atoms with Crippen LogP contribution in [0.1, 0.15) is 17.3 Å². The highest BCUT2D eigenvalue weighted by atomic mass is 16.2. The van der Waals surface area contributed by atoms with Gasteiger partial charge in [-0.1, -0.05) is 24.3 Å². The van der Waals surface area contributed by atoms with E-state index < -0.39 is 5.91 Å². The summed E-state index contributed by atoms with van der Waals surface area (Å²) in [6.45, 7) is 2.53. The van der Waals surface area contributed by atoms with Crippen LogP contribution in [-0.2, 0) is 6.54 Å². The lowest BCUT2D eigenvalue weighted by molar-refractivity contribution is 0.0935. The lowest BCUT2D eigenvalue weighted by Crippen LogP contribution is -2.38. The van der Waals surface area contributed by atoms with Gasteiger partial charge in [-0.05, 0) is 36.6 Å². The summed E-state index contributed by atoms with van der Waals surface area (Å²) in [5.74, 6) is -0.412. The van der Waals surface area contributed by atoms with Crippen LogP contribution >= 0.6 is 0 Å². The average Bonchev–Trinajstić information content (AvgIpc) is 3.05. The molecule has 6 heteroatoms. The van der Waals surface area contributed by atoms with Crippen molar-refractivity contribution in [3.05, 3.63) is 83.0 Å². The molecule has 3 aromatic heterocycles. The van der Waals surface area contributed by atoms with Crippen molar-refractivity contribution >= 4 is 22.5 Å². The maximum atomic E-state index is 12.5. The Morgan fingerprint density at radius 1 is 1.12 bits per heavy atom. The number of benzene rings is 1. The smallest absolute Gasteiger partial charge is 0.270 e. The fourth-order valence-electron chi connectivity index (χ4n) is 3.12. The normalized spacial score (nSPS) is 12.3. The van der Waals surface area contributed by atoms with Crippen LogP contribution in [0.5, 0.6) is 0 Å². The van der Waals surface area contributed by atoms with Crippen molar-refractivity contribution in [3.63, 3.8) is 0 Å². The van der Waals surface area contributed by atoms with Gasteiger partial charge in [0.2, 0.25) is 0 Å². The number of hydrogen-bond acceptors (Lipinski definition) is 3. The van der Waals surface area contributed by atoms with E-state index in [9.17, 15) is 9.59 Å². The number of rotatable bonds is 4. The van der Waals surface area contributed by atoms with E-state index in [1.165, 1.54) is 10.6 Å². The van der Waals surface area contributed by atoms with Crippen LogP contribution in [0.25, 0.3) is 16.6 Å². The molecule has 6 nitrogen and oxygen atoms in total. The number of pyridine rings is 1. The zero-order valence-electron chi connectivity index (χ0n) is 14.3. The van der Waals surface area contributed by atoms with Crippen LogP contribution in [0.15, 0.2) is 71.9 Å². The molecule has 1 N–H and O–H groups in total. The molecule has 0 bridgehead atoms. The van der Waals surface area contributed by atoms with Crippen molar-refractivity contribution < 1.29 is 4.79 Å². The maximum absolute atomic E-state index is 12.5. The minimum absolute atomic E-state index is 0.0397. The molecular formula is C20H18N4O2. The highest BCUT2D eigenvalue weighted by molar-refractivity contribution is 5.93. The molecule has 0 saturated heterocycles. The van der Waals surface area contributed by atoms with Gasteiger partial charge in [0.25, 0.3) is 11.5 Å². The van der Waals surface area contributed by atoms with Gasteiger partial charge in [0.1, 0.15) is 11.2 Å². The SMILES string of the molecule is CC(Cn1ccc2ccccc21)NC(=O)c1cnc2ccccn2c1=O. The summed E-state index contributed by atoms with van der Waals surface area (Å²) in [6.07, 6.45) is 4.95. The van der Waals surface area contributed by atoms with E-state index in [-0.39, 0.29) is 17.2 Å². The quantitative estimate of drug-likeness (QED) is 0.617. The Hall–Kier alpha value is -3.41. The highest BCUT2D eigenvalue weighted by Crippen LogP contribution is 2.15. The first-order valence-electron chi connectivity index (χ1n) is 8.44. The first-order chi connectivity index (χ1) is 12.6. The van der Waals surface area contributed by atoms with Gasteiger partial charge >= 0.3 is 0 Å². The summed E-state index contributed by atoms with van der Waals surface area (Å²) >= 11 is 0. The third-order valence-corrected chi connectivity index (χ3v) is 4.39. The van der Waals surface area contributed by atoms with Gasteiger partial charge in [0.15, 0.2) is 0 Å². The molecule has 0 aliphatic carbocycles. The topological polar surface area (TPSA) is 68.4 Å². The molecule has 130 valence electrons. The van der Waals surface area contributed by atoms with Crippen molar-refractivity contribution in [3.8, 4) is 0 Å². The lowest BCUT2D eigenvalue weighted by atomic mass is 10.2. The monoisotopic (exact) mass is 346 g/mol. The number of para-hydroxylation sites is 1. The molecule has 4 aromatic rings. The van der Waals surface area contributed by atoms with Crippen molar-refractivity contribution in [2.75, 3.05) is 0 Å². The first-order valence-corrected chi connectivity index (χ1v) is 8.44. The second kappa shape index (κ2) is 6.48. The van der Waals surface area contributed by atoms with Crippen LogP contribution in [-0.4, -0.2) is 25.9 Å². The predicted molar refractivity (Wildman–Crippen MR) is 100 cm³/mol. The van der Waals surface area contributed by atoms with E-state index in [1.54, 1.807) is 24.4 Å². The summed E-state index contributed by atoms with van der Waals surface area (Å²) in [6, 6.07) is 15.2. The minimum Gasteiger partial charge on any atom is -0.348 e. The van der Waals surface area contributed by atoms with Crippen LogP contribution in [0.3, 0.4) is 0 Å². The van der Waals surface area contributed by atoms with E-state index in [2.05, 4.69) is 20.9 Å². The van der Waals surface area contributed by atoms with E-state index in [0.29, 0.717) is 12.2 Å². The van der Waals surface area contributed by atoms with E-state index in [0.717, 1.165) is 10.9 Å². The average molecular weight is 346 g/mol. The third kappa shape index (κ3) is 2.86. The van der Waals surface area contributed by atoms with Crippen LogP contribution in [0.4, 0.5) is 0 Å². The lowest BCUT2D eigenvalue weighted by Gasteiger charge is -2.15. The van der Waals surface area contributed by atoms with Crippen molar-refractivity contribution in [2.45, 2.75) is 19.5 Å². The van der Waals surface area contributed by atoms with Gasteiger partial charge in [-0.25, -0.2) is 4.98 Å². The molecule has 3 heterocycles. The molecule has 1 atom stereocenters. The second-order valence-electron chi connectivity index (χ2n) is 6.31. The Labute approximate surface area is 149 Å². The zero-order chi connectivity index (χ0) is 18.1. The largest absolute Gasteiger partial charge is 0.348 e. The fraction of sp³-hybridized carbons (Fsp3) is 0.150. The Kier molecular flexibility index (Phi) is 4.01. The van der Waals surface area contributed by atoms with Crippen LogP contribution < -0.4 is 10.9 Å². The highest BCUT2D eigenvalue weighted by Gasteiger charge is 2.16. The molecule has 1 unspecified atom stereocenters. The number of carbonyl (C=O) groups is 1. The molecule has 0 aliphatic heterocycles. The van der Waals surface area contributed by atoms with E-state index in [4.69, 9.17) is 0 Å². The van der Waals surface area contributed by atoms with Crippen LogP contribution in [0.2, 0.25) is 0 Å². The predicted octanol–water partition coefficient (Wildman–Crippen LogP) is 2.47. The summed E-state index contributed by atoms with van der Waals surface area (Å²) < 4.78 is 3.46. The summed E-state index contributed by atoms with van der Waals surface area (Å²) in [5.41, 5.74) is 1.30. The first kappa shape index (κ1) is 16.1. The van der Waals surface area contributed by atoms with Gasteiger partial charge in [-0.2, -0.15) is 0 Å². The van der Waals surface area contributed by atoms with E-state index in [1.807, 2.05) is 37.4 Å². The number of aromatic nitrogens is 3. The fourth-order valence-corrected chi connectivity index (χ4v) is 3.12. The zero-order valence-corrected chi connectivity index (χ0v) is 14.3. The summed E-state index contributed by atoms with van der Waals surface area (Å²) in [7, 11) is 0. The van der Waals surface area contributed by atoms with E-state index >= 15 is 0 Å². The summed E-state index contributed by atoms with van der Waals surface area (Å²) in [5, 5.41) is 4.05. The number of amides is 1. The molecule has 0 spiro atoms. The number of fused-ring (bicyclic) bond motifs is 2. The van der Waals surface area contributed by atoms with Crippen molar-refractivity contribution in [2.24, 2.45) is 0 Å². The number of hydrogen-bond donors (Lipinski definition) is 1. The molecule has 0 aliphatic rings. The molecule has 0 fully saturated rings. The molecule has 0 radical (unpaired) electrons. The summed E-state index contributed by atoms with van der Waals surface area (Å²) in [4.78, 5) is 29.2. The number of carbonyl (C=O) groups excluding carboxylic acids is 1. The Morgan fingerprint density at radius 3 is 2.81 bits per heavy atom. The second-order valence-corrected chi connectivity index (χ2v) is 6.31. The molecule has 0 saturated carbocycles. The number of nitrogens with zero attached hydrogens (tertiary/aromatic N) is 3. The molecule has 4 rings (SSSR count). The number of nitrogens with one attached hydrogen (secondary N) is 1. The van der Waals surface area contributed by atoms with Gasteiger partial charge < -0.3 is 9.88 Å². The minimum atomic E-state index is -0.412. The Morgan fingerprint density at radius 2 is 1.92 bits per heavy atom. The molecular weight excluding hydrogens is 328 g/mol. The molecule has 26 heavy (non-hydrogen) atoms.